The summed E-state index contributed by atoms with van der Waals surface area (Å²) in [6.45, 7) is 0. The Hall–Kier alpha value is -1.84. The Bertz CT molecular complexity index is 568. The van der Waals surface area contributed by atoms with Crippen LogP contribution in [-0.2, 0) is 10.4 Å². The number of aliphatic carboxylic acids is 1. The number of carbonyl (C=O) groups is 1. The molecule has 4 heteroatoms. The van der Waals surface area contributed by atoms with Crippen molar-refractivity contribution in [3.05, 3.63) is 70.7 Å². The molecule has 0 spiro atoms. The molecule has 2 rings (SSSR count). The summed E-state index contributed by atoms with van der Waals surface area (Å²) in [5, 5.41) is 20.2. The smallest absolute Gasteiger partial charge is 0.345 e. The molecule has 2 aromatic carbocycles. The quantitative estimate of drug-likeness (QED) is 0.894. The van der Waals surface area contributed by atoms with Crippen LogP contribution in [0.25, 0.3) is 0 Å². The zero-order valence-electron chi connectivity index (χ0n) is 9.38. The van der Waals surface area contributed by atoms with E-state index < -0.39 is 11.6 Å². The van der Waals surface area contributed by atoms with Gasteiger partial charge in [-0.2, -0.15) is 0 Å². The molecular formula is C14H11ClO3. The average molecular weight is 263 g/mol. The Morgan fingerprint density at radius 2 is 1.61 bits per heavy atom. The molecule has 2 N–H and O–H groups in total. The molecule has 2 aromatic rings. The maximum atomic E-state index is 11.4. The summed E-state index contributed by atoms with van der Waals surface area (Å²) in [4.78, 5) is 11.4. The SMILES string of the molecule is O=C(O)C(O)(c1ccccc1)c1cccc(Cl)c1. The number of aliphatic hydroxyl groups is 1. The second-order valence-corrected chi connectivity index (χ2v) is 4.33. The summed E-state index contributed by atoms with van der Waals surface area (Å²) in [7, 11) is 0. The van der Waals surface area contributed by atoms with E-state index in [2.05, 4.69) is 0 Å². The lowest BCUT2D eigenvalue weighted by atomic mass is 9.86. The van der Waals surface area contributed by atoms with Crippen molar-refractivity contribution in [2.24, 2.45) is 0 Å². The summed E-state index contributed by atoms with van der Waals surface area (Å²) in [6.07, 6.45) is 0. The number of rotatable bonds is 3. The Balaban J connectivity index is 2.62. The lowest BCUT2D eigenvalue weighted by molar-refractivity contribution is -0.155. The van der Waals surface area contributed by atoms with Crippen LogP contribution in [0.1, 0.15) is 11.1 Å². The van der Waals surface area contributed by atoms with Crippen LogP contribution in [0.2, 0.25) is 5.02 Å². The van der Waals surface area contributed by atoms with Crippen LogP contribution in [0.3, 0.4) is 0 Å². The van der Waals surface area contributed by atoms with E-state index in [0.29, 0.717) is 10.6 Å². The van der Waals surface area contributed by atoms with Crippen molar-refractivity contribution in [3.8, 4) is 0 Å². The van der Waals surface area contributed by atoms with Crippen LogP contribution in [0.5, 0.6) is 0 Å². The first-order valence-corrected chi connectivity index (χ1v) is 5.70. The van der Waals surface area contributed by atoms with Gasteiger partial charge in [-0.05, 0) is 17.7 Å². The van der Waals surface area contributed by atoms with Gasteiger partial charge in [-0.25, -0.2) is 4.79 Å². The minimum Gasteiger partial charge on any atom is -0.479 e. The molecule has 0 radical (unpaired) electrons. The zero-order valence-corrected chi connectivity index (χ0v) is 10.1. The number of carboxylic acids is 1. The monoisotopic (exact) mass is 262 g/mol. The summed E-state index contributed by atoms with van der Waals surface area (Å²) in [6, 6.07) is 14.4. The van der Waals surface area contributed by atoms with Gasteiger partial charge < -0.3 is 10.2 Å². The Morgan fingerprint density at radius 3 is 2.17 bits per heavy atom. The molecule has 0 aliphatic rings. The van der Waals surface area contributed by atoms with E-state index in [1.165, 1.54) is 12.1 Å². The fourth-order valence-corrected chi connectivity index (χ4v) is 2.00. The second kappa shape index (κ2) is 4.80. The number of hydrogen-bond donors (Lipinski definition) is 2. The van der Waals surface area contributed by atoms with Crippen molar-refractivity contribution in [1.29, 1.82) is 0 Å². The molecule has 0 saturated carbocycles. The van der Waals surface area contributed by atoms with Gasteiger partial charge in [-0.1, -0.05) is 54.1 Å². The Labute approximate surface area is 109 Å². The minimum atomic E-state index is -2.09. The Morgan fingerprint density at radius 1 is 1.00 bits per heavy atom. The van der Waals surface area contributed by atoms with Crippen molar-refractivity contribution >= 4 is 17.6 Å². The third kappa shape index (κ3) is 2.10. The largest absolute Gasteiger partial charge is 0.479 e. The highest BCUT2D eigenvalue weighted by atomic mass is 35.5. The van der Waals surface area contributed by atoms with E-state index >= 15 is 0 Å². The van der Waals surface area contributed by atoms with Crippen molar-refractivity contribution in [1.82, 2.24) is 0 Å². The number of hydrogen-bond acceptors (Lipinski definition) is 2. The predicted molar refractivity (Wildman–Crippen MR) is 68.5 cm³/mol. The van der Waals surface area contributed by atoms with Crippen LogP contribution in [-0.4, -0.2) is 16.2 Å². The fraction of sp³-hybridized carbons (Fsp3) is 0.0714. The summed E-state index contributed by atoms with van der Waals surface area (Å²) in [5.74, 6) is -1.34. The lowest BCUT2D eigenvalue weighted by Gasteiger charge is -2.24. The molecule has 92 valence electrons. The van der Waals surface area contributed by atoms with E-state index in [4.69, 9.17) is 11.6 Å². The normalized spacial score (nSPS) is 13.9. The van der Waals surface area contributed by atoms with Crippen LogP contribution in [0, 0.1) is 0 Å². The van der Waals surface area contributed by atoms with Crippen LogP contribution in [0.15, 0.2) is 54.6 Å². The van der Waals surface area contributed by atoms with Gasteiger partial charge >= 0.3 is 5.97 Å². The lowest BCUT2D eigenvalue weighted by Crippen LogP contribution is -2.36. The Kier molecular flexibility index (Phi) is 3.36. The molecule has 0 bridgehead atoms. The van der Waals surface area contributed by atoms with Crippen molar-refractivity contribution < 1.29 is 15.0 Å². The average Bonchev–Trinajstić information content (AvgIpc) is 2.38. The highest BCUT2D eigenvalue weighted by molar-refractivity contribution is 6.30. The van der Waals surface area contributed by atoms with Gasteiger partial charge in [0, 0.05) is 10.6 Å². The molecule has 0 aliphatic heterocycles. The summed E-state index contributed by atoms with van der Waals surface area (Å²) < 4.78 is 0. The van der Waals surface area contributed by atoms with E-state index in [0.717, 1.165) is 0 Å². The second-order valence-electron chi connectivity index (χ2n) is 3.89. The minimum absolute atomic E-state index is 0.230. The first-order valence-electron chi connectivity index (χ1n) is 5.32. The third-order valence-electron chi connectivity index (χ3n) is 2.74. The zero-order chi connectivity index (χ0) is 13.2. The molecule has 0 fully saturated rings. The van der Waals surface area contributed by atoms with Gasteiger partial charge in [-0.3, -0.25) is 0 Å². The van der Waals surface area contributed by atoms with Crippen LogP contribution in [0.4, 0.5) is 0 Å². The molecule has 0 amide bonds. The first-order chi connectivity index (χ1) is 8.55. The van der Waals surface area contributed by atoms with Gasteiger partial charge in [0.05, 0.1) is 0 Å². The van der Waals surface area contributed by atoms with Gasteiger partial charge in [0.15, 0.2) is 0 Å². The van der Waals surface area contributed by atoms with E-state index in [9.17, 15) is 15.0 Å². The molecule has 0 aromatic heterocycles. The van der Waals surface area contributed by atoms with E-state index in [1.54, 1.807) is 42.5 Å². The molecule has 1 atom stereocenters. The summed E-state index contributed by atoms with van der Waals surface area (Å²) >= 11 is 5.84. The van der Waals surface area contributed by atoms with Crippen LogP contribution < -0.4 is 0 Å². The van der Waals surface area contributed by atoms with Crippen molar-refractivity contribution in [3.63, 3.8) is 0 Å². The summed E-state index contributed by atoms with van der Waals surface area (Å²) in [5.41, 5.74) is -1.57. The standard InChI is InChI=1S/C14H11ClO3/c15-12-8-4-7-11(9-12)14(18,13(16)17)10-5-2-1-3-6-10/h1-9,18H,(H,16,17). The molecule has 18 heavy (non-hydrogen) atoms. The predicted octanol–water partition coefficient (Wildman–Crippen LogP) is 2.66. The third-order valence-corrected chi connectivity index (χ3v) is 2.98. The van der Waals surface area contributed by atoms with Crippen LogP contribution >= 0.6 is 11.6 Å². The topological polar surface area (TPSA) is 57.5 Å². The molecule has 0 heterocycles. The van der Waals surface area contributed by atoms with Gasteiger partial charge in [0.1, 0.15) is 0 Å². The van der Waals surface area contributed by atoms with Gasteiger partial charge in [0.25, 0.3) is 0 Å². The van der Waals surface area contributed by atoms with Crippen molar-refractivity contribution in [2.75, 3.05) is 0 Å². The highest BCUT2D eigenvalue weighted by Gasteiger charge is 2.40. The fourth-order valence-electron chi connectivity index (χ4n) is 1.81. The maximum absolute atomic E-state index is 11.4. The molecule has 0 aliphatic carbocycles. The van der Waals surface area contributed by atoms with Gasteiger partial charge in [0.2, 0.25) is 5.60 Å². The van der Waals surface area contributed by atoms with Gasteiger partial charge in [-0.15, -0.1) is 0 Å². The molecule has 3 nitrogen and oxygen atoms in total. The number of carboxylic acid groups (broad SMARTS) is 1. The number of halogens is 1. The molecular weight excluding hydrogens is 252 g/mol. The van der Waals surface area contributed by atoms with E-state index in [1.807, 2.05) is 0 Å². The number of benzene rings is 2. The highest BCUT2D eigenvalue weighted by Crippen LogP contribution is 2.31. The maximum Gasteiger partial charge on any atom is 0.345 e. The van der Waals surface area contributed by atoms with Crippen molar-refractivity contribution in [2.45, 2.75) is 5.60 Å². The molecule has 1 unspecified atom stereocenters. The molecule has 0 saturated heterocycles. The first kappa shape index (κ1) is 12.6. The van der Waals surface area contributed by atoms with E-state index in [-0.39, 0.29) is 5.56 Å².